The summed E-state index contributed by atoms with van der Waals surface area (Å²) in [6.07, 6.45) is 0. The molecule has 0 N–H and O–H groups in total. The van der Waals surface area contributed by atoms with E-state index in [1.807, 2.05) is 0 Å². The Kier molecular flexibility index (Phi) is 25.8. The Bertz CT molecular complexity index is 503. The Morgan fingerprint density at radius 1 is 0.364 bits per heavy atom. The minimum atomic E-state index is -0.975. The second-order valence-electron chi connectivity index (χ2n) is 3.92. The molecule has 4 fully saturated rings. The minimum absolute atomic E-state index is 0. The van der Waals surface area contributed by atoms with Crippen LogP contribution >= 0.6 is 165 Å². The number of hydrogen-bond acceptors (Lipinski definition) is 24. The average molecular weight is 837 g/mol. The van der Waals surface area contributed by atoms with E-state index in [0.717, 1.165) is 0 Å². The third-order valence-electron chi connectivity index (χ3n) is 1.89. The summed E-state index contributed by atoms with van der Waals surface area (Å²) in [5, 5.41) is 40.1. The van der Waals surface area contributed by atoms with Crippen LogP contribution in [0.4, 0.5) is 0 Å². The molecule has 0 aromatic heterocycles. The zero-order valence-corrected chi connectivity index (χ0v) is 29.6. The van der Waals surface area contributed by atoms with Crippen molar-refractivity contribution in [1.29, 1.82) is 0 Å². The van der Waals surface area contributed by atoms with Gasteiger partial charge in [0.2, 0.25) is 0 Å². The van der Waals surface area contributed by atoms with Crippen molar-refractivity contribution in [1.82, 2.24) is 0 Å². The van der Waals surface area contributed by atoms with Crippen LogP contribution < -0.4 is 20.4 Å². The van der Waals surface area contributed by atoms with Gasteiger partial charge in [0.15, 0.2) is 0 Å². The maximum Gasteiger partial charge on any atom is 4.00 e. The van der Waals surface area contributed by atoms with Crippen molar-refractivity contribution in [2.24, 2.45) is 0 Å². The molecule has 0 unspecified atom stereocenters. The summed E-state index contributed by atoms with van der Waals surface area (Å²) in [6.45, 7) is 0. The van der Waals surface area contributed by atoms with E-state index >= 15 is 0 Å². The Hall–Kier alpha value is 4.17. The van der Waals surface area contributed by atoms with Crippen LogP contribution in [0.5, 0.6) is 0 Å². The molecule has 186 valence electrons. The number of carbonyl (C=O) groups is 4. The standard InChI is InChI=1S/4C2H2O2S4.Mo/c4*3-1(4)2-5-7-8-6-2;/h4*2H,(H,3,4);/q;;;;+4/p-4. The monoisotopic (exact) mass is 837 g/mol. The second kappa shape index (κ2) is 22.9. The van der Waals surface area contributed by atoms with Gasteiger partial charge in [0.05, 0.1) is 23.9 Å². The van der Waals surface area contributed by atoms with Gasteiger partial charge in [-0.15, -0.1) is 0 Å². The molecule has 33 heavy (non-hydrogen) atoms. The summed E-state index contributed by atoms with van der Waals surface area (Å²) in [5.41, 5.74) is 0. The molecule has 4 heterocycles. The van der Waals surface area contributed by atoms with Crippen molar-refractivity contribution in [2.75, 3.05) is 0 Å². The fourth-order valence-corrected chi connectivity index (χ4v) is 33.1. The molecule has 0 spiro atoms. The van der Waals surface area contributed by atoms with Crippen LogP contribution in [-0.4, -0.2) is 42.2 Å². The van der Waals surface area contributed by atoms with Crippen molar-refractivity contribution in [2.45, 2.75) is 18.3 Å². The van der Waals surface area contributed by atoms with Gasteiger partial charge < -0.3 is 39.6 Å². The van der Waals surface area contributed by atoms with E-state index in [0.29, 0.717) is 0 Å². The molecular formula is C8H4MoO8S16. The summed E-state index contributed by atoms with van der Waals surface area (Å²) < 4.78 is -1.48. The maximum absolute atomic E-state index is 10.0. The Morgan fingerprint density at radius 2 is 0.485 bits per heavy atom. The van der Waals surface area contributed by atoms with Crippen LogP contribution in [0.15, 0.2) is 0 Å². The number of carboxylic acid groups (broad SMARTS) is 4. The third kappa shape index (κ3) is 18.2. The van der Waals surface area contributed by atoms with Gasteiger partial charge in [-0.25, -0.2) is 0 Å². The van der Waals surface area contributed by atoms with Crippen molar-refractivity contribution in [3.63, 3.8) is 0 Å². The molecule has 0 amide bonds. The summed E-state index contributed by atoms with van der Waals surface area (Å²) in [5.74, 6) is -3.90. The van der Waals surface area contributed by atoms with E-state index in [2.05, 4.69) is 0 Å². The fraction of sp³-hybridized carbons (Fsp3) is 0.500. The normalized spacial score (nSPS) is 20.8. The topological polar surface area (TPSA) is 161 Å². The van der Waals surface area contributed by atoms with Crippen molar-refractivity contribution in [3.05, 3.63) is 0 Å². The first-order chi connectivity index (χ1) is 15.2. The quantitative estimate of drug-likeness (QED) is 0.300. The fourth-order valence-electron chi connectivity index (χ4n) is 0.792. The van der Waals surface area contributed by atoms with Gasteiger partial charge in [-0.05, 0) is 78.6 Å². The predicted molar refractivity (Wildman–Crippen MR) is 157 cm³/mol. The SMILES string of the molecule is O=C([O-])C1SSSS1.O=C([O-])C1SSSS1.O=C([O-])C1SSSS1.O=C([O-])C1SSSS1.[Mo+4]. The Balaban J connectivity index is 0.000000410. The first-order valence-corrected chi connectivity index (χ1v) is 26.4. The molecule has 8 nitrogen and oxygen atoms in total. The summed E-state index contributed by atoms with van der Waals surface area (Å²) in [7, 11) is 22.5. The van der Waals surface area contributed by atoms with Crippen LogP contribution in [-0.2, 0) is 40.2 Å². The van der Waals surface area contributed by atoms with Crippen molar-refractivity contribution >= 4 is 189 Å². The molecule has 0 radical (unpaired) electrons. The largest absolute Gasteiger partial charge is 4.00 e. The molecule has 0 atom stereocenters. The number of carbonyl (C=O) groups excluding carboxylic acids is 4. The van der Waals surface area contributed by atoms with E-state index < -0.39 is 23.9 Å². The predicted octanol–water partition coefficient (Wildman–Crippen LogP) is 3.01. The summed E-state index contributed by atoms with van der Waals surface area (Å²) in [4.78, 5) is 40.1. The van der Waals surface area contributed by atoms with Crippen LogP contribution in [0, 0.1) is 0 Å². The van der Waals surface area contributed by atoms with Gasteiger partial charge in [0, 0.05) is 0 Å². The van der Waals surface area contributed by atoms with Crippen LogP contribution in [0.25, 0.3) is 0 Å². The first kappa shape index (κ1) is 37.2. The number of aliphatic carboxylic acids is 4. The molecule has 0 bridgehead atoms. The van der Waals surface area contributed by atoms with E-state index in [9.17, 15) is 39.6 Å². The van der Waals surface area contributed by atoms with Crippen LogP contribution in [0.3, 0.4) is 0 Å². The van der Waals surface area contributed by atoms with E-state index in [1.54, 1.807) is 0 Å². The van der Waals surface area contributed by atoms with Gasteiger partial charge >= 0.3 is 21.1 Å². The molecular weight excluding hydrogens is 833 g/mol. The molecule has 0 aromatic rings. The van der Waals surface area contributed by atoms with Gasteiger partial charge in [-0.2, -0.15) is 0 Å². The van der Waals surface area contributed by atoms with E-state index in [4.69, 9.17) is 0 Å². The van der Waals surface area contributed by atoms with Crippen molar-refractivity contribution in [3.8, 4) is 0 Å². The Morgan fingerprint density at radius 3 is 0.545 bits per heavy atom. The molecule has 4 rings (SSSR count). The summed E-state index contributed by atoms with van der Waals surface area (Å²) >= 11 is 0. The molecule has 0 aliphatic carbocycles. The van der Waals surface area contributed by atoms with Gasteiger partial charge in [0.1, 0.15) is 18.3 Å². The third-order valence-corrected chi connectivity index (χ3v) is 31.7. The summed E-state index contributed by atoms with van der Waals surface area (Å²) in [6, 6.07) is 0. The molecule has 25 heteroatoms. The van der Waals surface area contributed by atoms with E-state index in [-0.39, 0.29) is 39.4 Å². The number of hydrogen-bond donors (Lipinski definition) is 0. The first-order valence-electron chi connectivity index (χ1n) is 6.67. The number of rotatable bonds is 4. The number of carboxylic acids is 4. The zero-order valence-electron chi connectivity index (χ0n) is 14.5. The van der Waals surface area contributed by atoms with Crippen molar-refractivity contribution < 1.29 is 60.7 Å². The maximum atomic E-state index is 10.0. The zero-order chi connectivity index (χ0) is 23.9. The average Bonchev–Trinajstić information content (AvgIpc) is 3.56. The van der Waals surface area contributed by atoms with Gasteiger partial charge in [0.25, 0.3) is 0 Å². The molecule has 0 aromatic carbocycles. The molecule has 4 aliphatic heterocycles. The Labute approximate surface area is 263 Å². The molecule has 0 saturated carbocycles. The minimum Gasteiger partial charge on any atom is -0.548 e. The van der Waals surface area contributed by atoms with Crippen LogP contribution in [0.1, 0.15) is 0 Å². The second-order valence-corrected chi connectivity index (χ2v) is 29.2. The smallest absolute Gasteiger partial charge is 0.548 e. The van der Waals surface area contributed by atoms with E-state index in [1.165, 1.54) is 165 Å². The molecule has 4 aliphatic rings. The van der Waals surface area contributed by atoms with Crippen LogP contribution in [0.2, 0.25) is 0 Å². The van der Waals surface area contributed by atoms with Gasteiger partial charge in [-0.3, -0.25) is 0 Å². The van der Waals surface area contributed by atoms with Gasteiger partial charge in [-0.1, -0.05) is 86.4 Å². The molecule has 4 saturated heterocycles.